The van der Waals surface area contributed by atoms with E-state index in [-0.39, 0.29) is 0 Å². The normalized spacial score (nSPS) is 21.2. The number of unbranched alkanes of at least 4 members (excludes halogenated alkanes) is 12. The van der Waals surface area contributed by atoms with Crippen LogP contribution in [0.25, 0.3) is 0 Å². The standard InChI is InChI=1S/C22H42O2S2/c1(3-7-11-15-21-19-23-21)5-9-13-17-25-26-18-14-10-6-2-4-8-12-16-22-20-24-22/h21-22H,1-20H2. The molecule has 2 saturated heterocycles. The number of epoxide rings is 2. The highest BCUT2D eigenvalue weighted by Crippen LogP contribution is 2.25. The van der Waals surface area contributed by atoms with Gasteiger partial charge in [-0.2, -0.15) is 0 Å². The molecule has 2 rings (SSSR count). The minimum absolute atomic E-state index is 0.641. The largest absolute Gasteiger partial charge is 0.373 e. The minimum Gasteiger partial charge on any atom is -0.373 e. The van der Waals surface area contributed by atoms with Crippen molar-refractivity contribution in [3.8, 4) is 0 Å². The summed E-state index contributed by atoms with van der Waals surface area (Å²) >= 11 is 0. The molecule has 2 nitrogen and oxygen atoms in total. The van der Waals surface area contributed by atoms with Gasteiger partial charge in [-0.05, 0) is 25.7 Å². The van der Waals surface area contributed by atoms with Gasteiger partial charge in [0.1, 0.15) is 0 Å². The lowest BCUT2D eigenvalue weighted by Crippen LogP contribution is -1.87. The van der Waals surface area contributed by atoms with E-state index < -0.39 is 0 Å². The van der Waals surface area contributed by atoms with Crippen molar-refractivity contribution in [1.82, 2.24) is 0 Å². The van der Waals surface area contributed by atoms with Gasteiger partial charge >= 0.3 is 0 Å². The van der Waals surface area contributed by atoms with E-state index in [2.05, 4.69) is 21.6 Å². The van der Waals surface area contributed by atoms with Crippen molar-refractivity contribution in [1.29, 1.82) is 0 Å². The van der Waals surface area contributed by atoms with E-state index in [4.69, 9.17) is 9.47 Å². The van der Waals surface area contributed by atoms with Gasteiger partial charge in [0, 0.05) is 11.5 Å². The van der Waals surface area contributed by atoms with Crippen LogP contribution in [0.2, 0.25) is 0 Å². The average molecular weight is 403 g/mol. The molecule has 154 valence electrons. The highest BCUT2D eigenvalue weighted by molar-refractivity contribution is 8.76. The molecule has 2 aliphatic rings. The Morgan fingerprint density at radius 3 is 1.12 bits per heavy atom. The fourth-order valence-corrected chi connectivity index (χ4v) is 5.71. The first-order chi connectivity index (χ1) is 12.9. The van der Waals surface area contributed by atoms with Crippen LogP contribution in [0.5, 0.6) is 0 Å². The third-order valence-electron chi connectivity index (χ3n) is 5.40. The van der Waals surface area contributed by atoms with Crippen LogP contribution in [-0.4, -0.2) is 36.9 Å². The predicted octanol–water partition coefficient (Wildman–Crippen LogP) is 7.41. The molecule has 0 N–H and O–H groups in total. The molecule has 2 heterocycles. The summed E-state index contributed by atoms with van der Waals surface area (Å²) in [6.07, 6.45) is 23.8. The predicted molar refractivity (Wildman–Crippen MR) is 118 cm³/mol. The summed E-state index contributed by atoms with van der Waals surface area (Å²) in [4.78, 5) is 0. The highest BCUT2D eigenvalue weighted by atomic mass is 33.1. The molecule has 2 aliphatic heterocycles. The molecular weight excluding hydrogens is 360 g/mol. The molecule has 26 heavy (non-hydrogen) atoms. The maximum atomic E-state index is 5.25. The van der Waals surface area contributed by atoms with Gasteiger partial charge in [0.05, 0.1) is 25.4 Å². The Hall–Kier alpha value is 0.620. The maximum absolute atomic E-state index is 5.25. The van der Waals surface area contributed by atoms with Crippen molar-refractivity contribution in [2.45, 2.75) is 115 Å². The second-order valence-corrected chi connectivity index (χ2v) is 10.8. The molecule has 0 radical (unpaired) electrons. The summed E-state index contributed by atoms with van der Waals surface area (Å²) in [5.74, 6) is 2.71. The summed E-state index contributed by atoms with van der Waals surface area (Å²) in [7, 11) is 4.22. The quantitative estimate of drug-likeness (QED) is 0.113. The smallest absolute Gasteiger partial charge is 0.0810 e. The number of hydrogen-bond acceptors (Lipinski definition) is 4. The molecule has 0 amide bonds. The monoisotopic (exact) mass is 402 g/mol. The van der Waals surface area contributed by atoms with Gasteiger partial charge in [-0.1, -0.05) is 98.6 Å². The molecule has 0 aromatic heterocycles. The first-order valence-electron chi connectivity index (χ1n) is 11.4. The van der Waals surface area contributed by atoms with Crippen LogP contribution in [0, 0.1) is 0 Å². The molecule has 0 aromatic carbocycles. The van der Waals surface area contributed by atoms with Gasteiger partial charge in [-0.3, -0.25) is 0 Å². The van der Waals surface area contributed by atoms with Crippen molar-refractivity contribution in [2.24, 2.45) is 0 Å². The molecule has 0 bridgehead atoms. The van der Waals surface area contributed by atoms with Gasteiger partial charge < -0.3 is 9.47 Å². The van der Waals surface area contributed by atoms with E-state index in [1.165, 1.54) is 114 Å². The van der Waals surface area contributed by atoms with Crippen LogP contribution in [0.1, 0.15) is 103 Å². The number of hydrogen-bond donors (Lipinski definition) is 0. The van der Waals surface area contributed by atoms with E-state index in [1.807, 2.05) is 0 Å². The zero-order valence-electron chi connectivity index (χ0n) is 16.9. The summed E-state index contributed by atoms with van der Waals surface area (Å²) < 4.78 is 10.5. The molecular formula is C22H42O2S2. The fraction of sp³-hybridized carbons (Fsp3) is 1.00. The zero-order chi connectivity index (χ0) is 18.1. The van der Waals surface area contributed by atoms with Crippen LogP contribution in [0.15, 0.2) is 0 Å². The van der Waals surface area contributed by atoms with Crippen LogP contribution >= 0.6 is 21.6 Å². The van der Waals surface area contributed by atoms with Crippen molar-refractivity contribution in [3.05, 3.63) is 0 Å². The second kappa shape index (κ2) is 16.6. The average Bonchev–Trinajstić information content (AvgIpc) is 3.54. The lowest BCUT2D eigenvalue weighted by Gasteiger charge is -2.03. The van der Waals surface area contributed by atoms with Crippen LogP contribution in [0.3, 0.4) is 0 Å². The lowest BCUT2D eigenvalue weighted by atomic mass is 10.1. The van der Waals surface area contributed by atoms with E-state index in [0.717, 1.165) is 13.2 Å². The third kappa shape index (κ3) is 15.7. The highest BCUT2D eigenvalue weighted by Gasteiger charge is 2.21. The lowest BCUT2D eigenvalue weighted by molar-refractivity contribution is 0.387. The summed E-state index contributed by atoms with van der Waals surface area (Å²) in [5, 5.41) is 0. The van der Waals surface area contributed by atoms with Gasteiger partial charge in [0.15, 0.2) is 0 Å². The Kier molecular flexibility index (Phi) is 14.6. The molecule has 2 atom stereocenters. The molecule has 0 aliphatic carbocycles. The molecule has 2 unspecified atom stereocenters. The van der Waals surface area contributed by atoms with E-state index >= 15 is 0 Å². The second-order valence-electron chi connectivity index (χ2n) is 8.08. The van der Waals surface area contributed by atoms with Crippen molar-refractivity contribution in [2.75, 3.05) is 24.7 Å². The van der Waals surface area contributed by atoms with Gasteiger partial charge in [0.25, 0.3) is 0 Å². The fourth-order valence-electron chi connectivity index (χ4n) is 3.42. The first kappa shape index (κ1) is 22.9. The SMILES string of the molecule is C(CCCCSSCCCCCCCCCC1CO1)CCCCC1CO1. The molecule has 0 saturated carbocycles. The van der Waals surface area contributed by atoms with Gasteiger partial charge in [-0.25, -0.2) is 0 Å². The zero-order valence-corrected chi connectivity index (χ0v) is 18.6. The molecule has 4 heteroatoms. The molecule has 0 aromatic rings. The Labute approximate surface area is 170 Å². The minimum atomic E-state index is 0.641. The summed E-state index contributed by atoms with van der Waals surface area (Å²) in [6.45, 7) is 2.07. The Morgan fingerprint density at radius 2 is 0.769 bits per heavy atom. The van der Waals surface area contributed by atoms with Crippen LogP contribution < -0.4 is 0 Å². The van der Waals surface area contributed by atoms with Crippen molar-refractivity contribution >= 4 is 21.6 Å². The Bertz CT molecular complexity index is 277. The first-order valence-corrected chi connectivity index (χ1v) is 13.9. The molecule has 0 spiro atoms. The number of rotatable bonds is 21. The van der Waals surface area contributed by atoms with Crippen LogP contribution in [0.4, 0.5) is 0 Å². The molecule has 2 fully saturated rings. The summed E-state index contributed by atoms with van der Waals surface area (Å²) in [6, 6.07) is 0. The number of ether oxygens (including phenoxy) is 2. The van der Waals surface area contributed by atoms with E-state index in [0.29, 0.717) is 12.2 Å². The maximum Gasteiger partial charge on any atom is 0.0810 e. The van der Waals surface area contributed by atoms with E-state index in [9.17, 15) is 0 Å². The van der Waals surface area contributed by atoms with E-state index in [1.54, 1.807) is 0 Å². The van der Waals surface area contributed by atoms with Gasteiger partial charge in [0.2, 0.25) is 0 Å². The van der Waals surface area contributed by atoms with Crippen molar-refractivity contribution < 1.29 is 9.47 Å². The van der Waals surface area contributed by atoms with Crippen molar-refractivity contribution in [3.63, 3.8) is 0 Å². The summed E-state index contributed by atoms with van der Waals surface area (Å²) in [5.41, 5.74) is 0. The Balaban J connectivity index is 1.14. The van der Waals surface area contributed by atoms with Crippen LogP contribution in [-0.2, 0) is 9.47 Å². The Morgan fingerprint density at radius 1 is 0.462 bits per heavy atom. The third-order valence-corrected chi connectivity index (χ3v) is 7.97. The van der Waals surface area contributed by atoms with Gasteiger partial charge in [-0.15, -0.1) is 0 Å². The topological polar surface area (TPSA) is 25.1 Å².